The van der Waals surface area contributed by atoms with E-state index in [0.29, 0.717) is 0 Å². The van der Waals surface area contributed by atoms with Gasteiger partial charge in [-0.25, -0.2) is 0 Å². The lowest BCUT2D eigenvalue weighted by Crippen LogP contribution is -2.51. The summed E-state index contributed by atoms with van der Waals surface area (Å²) in [6, 6.07) is 16.7. The third-order valence-electron chi connectivity index (χ3n) is 6.38. The van der Waals surface area contributed by atoms with Crippen LogP contribution in [0.15, 0.2) is 48.5 Å². The number of halogens is 3. The van der Waals surface area contributed by atoms with E-state index in [4.69, 9.17) is 11.6 Å². The van der Waals surface area contributed by atoms with Crippen LogP contribution in [0.25, 0.3) is 11.1 Å². The Balaban J connectivity index is 0.00000150. The molecule has 3 nitrogen and oxygen atoms in total. The van der Waals surface area contributed by atoms with Crippen LogP contribution in [-0.4, -0.2) is 60.3 Å². The van der Waals surface area contributed by atoms with E-state index in [1.165, 1.54) is 11.1 Å². The number of aliphatic hydroxyl groups is 1. The Bertz CT molecular complexity index is 772. The zero-order chi connectivity index (χ0) is 18.9. The van der Waals surface area contributed by atoms with Crippen LogP contribution in [0.1, 0.15) is 30.7 Å². The molecule has 0 bridgehead atoms. The molecule has 1 saturated heterocycles. The molecule has 0 spiro atoms. The van der Waals surface area contributed by atoms with Gasteiger partial charge in [0.05, 0.1) is 5.60 Å². The Morgan fingerprint density at radius 2 is 1.62 bits per heavy atom. The molecule has 2 aromatic rings. The van der Waals surface area contributed by atoms with Crippen LogP contribution in [-0.2, 0) is 0 Å². The predicted molar refractivity (Wildman–Crippen MR) is 127 cm³/mol. The van der Waals surface area contributed by atoms with Gasteiger partial charge in [0, 0.05) is 43.7 Å². The van der Waals surface area contributed by atoms with Gasteiger partial charge in [-0.1, -0.05) is 48.0 Å². The van der Waals surface area contributed by atoms with Crippen molar-refractivity contribution in [1.82, 2.24) is 9.80 Å². The van der Waals surface area contributed by atoms with Gasteiger partial charge in [-0.3, -0.25) is 0 Å². The van der Waals surface area contributed by atoms with Gasteiger partial charge in [0.25, 0.3) is 0 Å². The maximum absolute atomic E-state index is 11.2. The first-order valence-electron chi connectivity index (χ1n) is 10.0. The SMILES string of the molecule is CN1CCN(CC(c2ccc(-c3cccc(Cl)c3)cc2)C2(O)CCC2)CC1.Cl.Cl. The van der Waals surface area contributed by atoms with Gasteiger partial charge < -0.3 is 14.9 Å². The van der Waals surface area contributed by atoms with E-state index < -0.39 is 5.60 Å². The van der Waals surface area contributed by atoms with Crippen molar-refractivity contribution in [3.63, 3.8) is 0 Å². The number of rotatable bonds is 5. The molecule has 0 aromatic heterocycles. The molecule has 1 heterocycles. The highest BCUT2D eigenvalue weighted by Gasteiger charge is 2.43. The summed E-state index contributed by atoms with van der Waals surface area (Å²) < 4.78 is 0. The van der Waals surface area contributed by atoms with E-state index in [1.54, 1.807) is 0 Å². The molecule has 2 fully saturated rings. The Kier molecular flexibility index (Phi) is 8.84. The molecule has 160 valence electrons. The summed E-state index contributed by atoms with van der Waals surface area (Å²) in [5, 5.41) is 11.9. The van der Waals surface area contributed by atoms with Gasteiger partial charge in [0.2, 0.25) is 0 Å². The van der Waals surface area contributed by atoms with Crippen LogP contribution in [0.2, 0.25) is 5.02 Å². The van der Waals surface area contributed by atoms with Crippen LogP contribution in [0.4, 0.5) is 0 Å². The summed E-state index contributed by atoms with van der Waals surface area (Å²) in [5.41, 5.74) is 3.01. The summed E-state index contributed by atoms with van der Waals surface area (Å²) in [6.07, 6.45) is 2.97. The van der Waals surface area contributed by atoms with Crippen molar-refractivity contribution in [1.29, 1.82) is 0 Å². The van der Waals surface area contributed by atoms with Crippen molar-refractivity contribution in [2.45, 2.75) is 30.8 Å². The molecule has 6 heteroatoms. The van der Waals surface area contributed by atoms with E-state index >= 15 is 0 Å². The van der Waals surface area contributed by atoms with Crippen LogP contribution in [0, 0.1) is 0 Å². The third kappa shape index (κ3) is 5.66. The second-order valence-electron chi connectivity index (χ2n) is 8.25. The highest BCUT2D eigenvalue weighted by atomic mass is 35.5. The van der Waals surface area contributed by atoms with Crippen molar-refractivity contribution < 1.29 is 5.11 Å². The van der Waals surface area contributed by atoms with Crippen molar-refractivity contribution in [3.05, 3.63) is 59.1 Å². The van der Waals surface area contributed by atoms with Crippen LogP contribution in [0.3, 0.4) is 0 Å². The molecule has 1 aliphatic carbocycles. The molecule has 4 rings (SSSR count). The Morgan fingerprint density at radius 1 is 0.966 bits per heavy atom. The standard InChI is InChI=1S/C23H29ClN2O.2ClH/c1-25-12-14-26(15-13-25)17-22(23(27)10-3-11-23)19-8-6-18(7-9-19)20-4-2-5-21(24)16-20;;/h2,4-9,16,22,27H,3,10-15,17H2,1H3;2*1H. The Hall–Kier alpha value is -0.810. The van der Waals surface area contributed by atoms with Crippen molar-refractivity contribution in [2.75, 3.05) is 39.8 Å². The molecule has 29 heavy (non-hydrogen) atoms. The predicted octanol–water partition coefficient (Wildman–Crippen LogP) is 5.10. The minimum absolute atomic E-state index is 0. The van der Waals surface area contributed by atoms with Gasteiger partial charge in [0.1, 0.15) is 0 Å². The average molecular weight is 458 g/mol. The largest absolute Gasteiger partial charge is 0.389 e. The van der Waals surface area contributed by atoms with Crippen molar-refractivity contribution in [2.24, 2.45) is 0 Å². The second kappa shape index (κ2) is 10.5. The topological polar surface area (TPSA) is 26.7 Å². The zero-order valence-corrected chi connectivity index (χ0v) is 19.3. The monoisotopic (exact) mass is 456 g/mol. The number of hydrogen-bond donors (Lipinski definition) is 1. The molecular formula is C23H31Cl3N2O. The maximum Gasteiger partial charge on any atom is 0.0728 e. The first-order valence-corrected chi connectivity index (χ1v) is 10.4. The molecule has 2 aliphatic rings. The van der Waals surface area contributed by atoms with Crippen LogP contribution >= 0.6 is 36.4 Å². The fourth-order valence-electron chi connectivity index (χ4n) is 4.34. The van der Waals surface area contributed by atoms with E-state index in [-0.39, 0.29) is 30.7 Å². The minimum atomic E-state index is -0.541. The first kappa shape index (κ1) is 24.5. The highest BCUT2D eigenvalue weighted by molar-refractivity contribution is 6.30. The minimum Gasteiger partial charge on any atom is -0.389 e. The first-order chi connectivity index (χ1) is 13.0. The van der Waals surface area contributed by atoms with E-state index in [2.05, 4.69) is 47.2 Å². The average Bonchev–Trinajstić information content (AvgIpc) is 2.66. The number of likely N-dealkylation sites (N-methyl/N-ethyl adjacent to an activating group) is 1. The van der Waals surface area contributed by atoms with Gasteiger partial charge in [-0.2, -0.15) is 0 Å². The fraction of sp³-hybridized carbons (Fsp3) is 0.478. The van der Waals surface area contributed by atoms with Gasteiger partial charge in [-0.15, -0.1) is 24.8 Å². The second-order valence-corrected chi connectivity index (χ2v) is 8.68. The Morgan fingerprint density at radius 3 is 2.17 bits per heavy atom. The molecule has 1 atom stereocenters. The summed E-state index contributed by atoms with van der Waals surface area (Å²) >= 11 is 6.14. The number of nitrogens with zero attached hydrogens (tertiary/aromatic N) is 2. The van der Waals surface area contributed by atoms with Crippen molar-refractivity contribution >= 4 is 36.4 Å². The summed E-state index contributed by atoms with van der Waals surface area (Å²) in [4.78, 5) is 4.90. The lowest BCUT2D eigenvalue weighted by molar-refractivity contribution is -0.0665. The lowest BCUT2D eigenvalue weighted by Gasteiger charge is -2.46. The van der Waals surface area contributed by atoms with Gasteiger partial charge in [0.15, 0.2) is 0 Å². The van der Waals surface area contributed by atoms with Gasteiger partial charge >= 0.3 is 0 Å². The summed E-state index contributed by atoms with van der Waals surface area (Å²) in [7, 11) is 2.18. The smallest absolute Gasteiger partial charge is 0.0728 e. The van der Waals surface area contributed by atoms with E-state index in [9.17, 15) is 5.11 Å². The number of piperazine rings is 1. The number of benzene rings is 2. The summed E-state index contributed by atoms with van der Waals surface area (Å²) in [6.45, 7) is 5.34. The maximum atomic E-state index is 11.2. The van der Waals surface area contributed by atoms with Crippen LogP contribution < -0.4 is 0 Å². The quantitative estimate of drug-likeness (QED) is 0.677. The Labute approximate surface area is 191 Å². The van der Waals surface area contributed by atoms with Crippen molar-refractivity contribution in [3.8, 4) is 11.1 Å². The molecule has 1 unspecified atom stereocenters. The van der Waals surface area contributed by atoms with Crippen LogP contribution in [0.5, 0.6) is 0 Å². The summed E-state index contributed by atoms with van der Waals surface area (Å²) in [5.74, 6) is 0.183. The molecule has 0 amide bonds. The van der Waals surface area contributed by atoms with E-state index in [1.807, 2.05) is 18.2 Å². The molecular weight excluding hydrogens is 427 g/mol. The number of hydrogen-bond acceptors (Lipinski definition) is 3. The molecule has 1 aliphatic heterocycles. The fourth-order valence-corrected chi connectivity index (χ4v) is 4.53. The van der Waals surface area contributed by atoms with E-state index in [0.717, 1.165) is 62.6 Å². The molecule has 1 saturated carbocycles. The molecule has 2 aromatic carbocycles. The molecule has 1 N–H and O–H groups in total. The zero-order valence-electron chi connectivity index (χ0n) is 16.9. The lowest BCUT2D eigenvalue weighted by atomic mass is 9.68. The molecule has 0 radical (unpaired) electrons. The third-order valence-corrected chi connectivity index (χ3v) is 6.61. The highest BCUT2D eigenvalue weighted by Crippen LogP contribution is 2.44. The normalized spacial score (nSPS) is 20.1. The van der Waals surface area contributed by atoms with Gasteiger partial charge in [-0.05, 0) is 55.1 Å².